The predicted molar refractivity (Wildman–Crippen MR) is 83.5 cm³/mol. The van der Waals surface area contributed by atoms with Gasteiger partial charge in [-0.2, -0.15) is 0 Å². The van der Waals surface area contributed by atoms with E-state index in [-0.39, 0.29) is 24.3 Å². The molecule has 22 heavy (non-hydrogen) atoms. The average Bonchev–Trinajstić information content (AvgIpc) is 2.46. The van der Waals surface area contributed by atoms with Gasteiger partial charge in [0.05, 0.1) is 19.2 Å². The summed E-state index contributed by atoms with van der Waals surface area (Å²) in [4.78, 5) is 36.3. The topological polar surface area (TPSA) is 75.7 Å². The highest BCUT2D eigenvalue weighted by Crippen LogP contribution is 2.10. The van der Waals surface area contributed by atoms with E-state index in [0.717, 1.165) is 0 Å². The molecule has 0 heterocycles. The van der Waals surface area contributed by atoms with Gasteiger partial charge in [0.2, 0.25) is 11.8 Å². The van der Waals surface area contributed by atoms with Crippen molar-refractivity contribution in [3.8, 4) is 0 Å². The van der Waals surface area contributed by atoms with Gasteiger partial charge in [-0.25, -0.2) is 4.79 Å². The summed E-state index contributed by atoms with van der Waals surface area (Å²) in [5, 5.41) is 2.70. The number of anilines is 1. The molecule has 0 aliphatic rings. The molecule has 0 fully saturated rings. The first-order valence-electron chi connectivity index (χ1n) is 7.07. The van der Waals surface area contributed by atoms with E-state index in [2.05, 4.69) is 10.1 Å². The van der Waals surface area contributed by atoms with Crippen LogP contribution in [0.25, 0.3) is 0 Å². The number of amides is 2. The van der Waals surface area contributed by atoms with Crippen molar-refractivity contribution in [1.29, 1.82) is 0 Å². The Kier molecular flexibility index (Phi) is 6.56. The van der Waals surface area contributed by atoms with E-state index in [1.165, 1.54) is 18.9 Å². The molecule has 0 aliphatic carbocycles. The Labute approximate surface area is 130 Å². The van der Waals surface area contributed by atoms with E-state index in [0.29, 0.717) is 17.8 Å². The maximum absolute atomic E-state index is 12.0. The van der Waals surface area contributed by atoms with Crippen molar-refractivity contribution < 1.29 is 19.1 Å². The third-order valence-electron chi connectivity index (χ3n) is 2.96. The molecule has 1 rings (SSSR count). The minimum atomic E-state index is -0.433. The van der Waals surface area contributed by atoms with Crippen LogP contribution < -0.4 is 5.32 Å². The van der Waals surface area contributed by atoms with E-state index in [4.69, 9.17) is 0 Å². The zero-order chi connectivity index (χ0) is 16.7. The summed E-state index contributed by atoms with van der Waals surface area (Å²) in [7, 11) is 1.31. The number of ether oxygens (including phenoxy) is 1. The zero-order valence-corrected chi connectivity index (χ0v) is 13.4. The normalized spacial score (nSPS) is 10.2. The first-order chi connectivity index (χ1) is 10.3. The third kappa shape index (κ3) is 5.55. The molecule has 0 bridgehead atoms. The Morgan fingerprint density at radius 3 is 2.23 bits per heavy atom. The van der Waals surface area contributed by atoms with Crippen molar-refractivity contribution in [1.82, 2.24) is 4.90 Å². The van der Waals surface area contributed by atoms with Gasteiger partial charge >= 0.3 is 5.97 Å². The van der Waals surface area contributed by atoms with Crippen LogP contribution in [-0.4, -0.2) is 42.9 Å². The fourth-order valence-electron chi connectivity index (χ4n) is 1.93. The van der Waals surface area contributed by atoms with Crippen LogP contribution in [-0.2, 0) is 14.3 Å². The summed E-state index contributed by atoms with van der Waals surface area (Å²) >= 11 is 0. The molecule has 120 valence electrons. The molecule has 0 atom stereocenters. The van der Waals surface area contributed by atoms with E-state index in [1.807, 2.05) is 13.8 Å². The van der Waals surface area contributed by atoms with Gasteiger partial charge in [-0.15, -0.1) is 0 Å². The number of esters is 1. The van der Waals surface area contributed by atoms with Crippen LogP contribution in [0.15, 0.2) is 24.3 Å². The molecule has 1 aromatic carbocycles. The van der Waals surface area contributed by atoms with Crippen molar-refractivity contribution in [2.24, 2.45) is 5.92 Å². The molecule has 6 nitrogen and oxygen atoms in total. The van der Waals surface area contributed by atoms with Crippen LogP contribution in [0.2, 0.25) is 0 Å². The SMILES string of the molecule is COC(=O)c1ccc(NC(=O)CN(CC(C)C)C(C)=O)cc1. The number of hydrogen-bond acceptors (Lipinski definition) is 4. The molecule has 1 aromatic rings. The Morgan fingerprint density at radius 1 is 1.18 bits per heavy atom. The highest BCUT2D eigenvalue weighted by atomic mass is 16.5. The average molecular weight is 306 g/mol. The van der Waals surface area contributed by atoms with E-state index in [1.54, 1.807) is 24.3 Å². The van der Waals surface area contributed by atoms with Gasteiger partial charge in [-0.3, -0.25) is 9.59 Å². The van der Waals surface area contributed by atoms with E-state index >= 15 is 0 Å². The van der Waals surface area contributed by atoms with Gasteiger partial charge in [0, 0.05) is 19.2 Å². The highest BCUT2D eigenvalue weighted by Gasteiger charge is 2.15. The number of benzene rings is 1. The number of rotatable bonds is 6. The van der Waals surface area contributed by atoms with E-state index < -0.39 is 5.97 Å². The maximum atomic E-state index is 12.0. The Balaban J connectivity index is 2.64. The van der Waals surface area contributed by atoms with Crippen molar-refractivity contribution >= 4 is 23.5 Å². The second-order valence-electron chi connectivity index (χ2n) is 5.41. The van der Waals surface area contributed by atoms with Gasteiger partial charge in [-0.1, -0.05) is 13.8 Å². The largest absolute Gasteiger partial charge is 0.465 e. The van der Waals surface area contributed by atoms with Crippen LogP contribution in [0.5, 0.6) is 0 Å². The minimum Gasteiger partial charge on any atom is -0.465 e. The summed E-state index contributed by atoms with van der Waals surface area (Å²) in [6, 6.07) is 6.37. The number of methoxy groups -OCH3 is 1. The van der Waals surface area contributed by atoms with E-state index in [9.17, 15) is 14.4 Å². The molecular formula is C16H22N2O4. The first kappa shape index (κ1) is 17.7. The quantitative estimate of drug-likeness (QED) is 0.815. The number of hydrogen-bond donors (Lipinski definition) is 1. The van der Waals surface area contributed by atoms with Crippen LogP contribution >= 0.6 is 0 Å². The zero-order valence-electron chi connectivity index (χ0n) is 13.4. The van der Waals surface area contributed by atoms with Gasteiger partial charge in [-0.05, 0) is 30.2 Å². The summed E-state index contributed by atoms with van der Waals surface area (Å²) in [6.07, 6.45) is 0. The molecule has 0 saturated heterocycles. The van der Waals surface area contributed by atoms with Crippen LogP contribution in [0.4, 0.5) is 5.69 Å². The van der Waals surface area contributed by atoms with Crippen LogP contribution in [0.1, 0.15) is 31.1 Å². The van der Waals surface area contributed by atoms with Crippen molar-refractivity contribution in [3.63, 3.8) is 0 Å². The molecule has 0 aliphatic heterocycles. The molecule has 0 spiro atoms. The Morgan fingerprint density at radius 2 is 1.77 bits per heavy atom. The molecular weight excluding hydrogens is 284 g/mol. The number of carbonyl (C=O) groups is 3. The standard InChI is InChI=1S/C16H22N2O4/c1-11(2)9-18(12(3)19)10-15(20)17-14-7-5-13(6-8-14)16(21)22-4/h5-8,11H,9-10H2,1-4H3,(H,17,20). The lowest BCUT2D eigenvalue weighted by atomic mass is 10.2. The van der Waals surface area contributed by atoms with Crippen molar-refractivity contribution in [3.05, 3.63) is 29.8 Å². The van der Waals surface area contributed by atoms with Gasteiger partial charge in [0.15, 0.2) is 0 Å². The number of carbonyl (C=O) groups excluding carboxylic acids is 3. The molecule has 1 N–H and O–H groups in total. The minimum absolute atomic E-state index is 0.00622. The lowest BCUT2D eigenvalue weighted by molar-refractivity contribution is -0.133. The summed E-state index contributed by atoms with van der Waals surface area (Å²) in [5.74, 6) is -0.555. The molecule has 2 amide bonds. The van der Waals surface area contributed by atoms with Gasteiger partial charge < -0.3 is 15.0 Å². The fraction of sp³-hybridized carbons (Fsp3) is 0.438. The second kappa shape index (κ2) is 8.17. The smallest absolute Gasteiger partial charge is 0.337 e. The number of nitrogens with zero attached hydrogens (tertiary/aromatic N) is 1. The summed E-state index contributed by atoms with van der Waals surface area (Å²) < 4.78 is 4.60. The first-order valence-corrected chi connectivity index (χ1v) is 7.07. The third-order valence-corrected chi connectivity index (χ3v) is 2.96. The molecule has 0 saturated carbocycles. The highest BCUT2D eigenvalue weighted by molar-refractivity contribution is 5.95. The summed E-state index contributed by atoms with van der Waals surface area (Å²) in [6.45, 7) is 5.95. The Bertz CT molecular complexity index is 538. The van der Waals surface area contributed by atoms with Crippen molar-refractivity contribution in [2.75, 3.05) is 25.5 Å². The lowest BCUT2D eigenvalue weighted by Gasteiger charge is -2.22. The number of nitrogens with one attached hydrogen (secondary N) is 1. The lowest BCUT2D eigenvalue weighted by Crippen LogP contribution is -2.38. The summed E-state index contributed by atoms with van der Waals surface area (Å²) in [5.41, 5.74) is 0.969. The maximum Gasteiger partial charge on any atom is 0.337 e. The molecule has 0 unspecified atom stereocenters. The monoisotopic (exact) mass is 306 g/mol. The second-order valence-corrected chi connectivity index (χ2v) is 5.41. The Hall–Kier alpha value is -2.37. The van der Waals surface area contributed by atoms with Crippen LogP contribution in [0, 0.1) is 5.92 Å². The van der Waals surface area contributed by atoms with Gasteiger partial charge in [0.1, 0.15) is 0 Å². The molecule has 0 aromatic heterocycles. The molecule has 0 radical (unpaired) electrons. The fourth-order valence-corrected chi connectivity index (χ4v) is 1.93. The van der Waals surface area contributed by atoms with Gasteiger partial charge in [0.25, 0.3) is 0 Å². The van der Waals surface area contributed by atoms with Crippen molar-refractivity contribution in [2.45, 2.75) is 20.8 Å². The van der Waals surface area contributed by atoms with Crippen LogP contribution in [0.3, 0.4) is 0 Å². The molecule has 6 heteroatoms. The predicted octanol–water partition coefficient (Wildman–Crippen LogP) is 1.92.